The van der Waals surface area contributed by atoms with Crippen molar-refractivity contribution in [3.05, 3.63) is 29.3 Å². The molecule has 0 saturated carbocycles. The fourth-order valence-electron chi connectivity index (χ4n) is 1.08. The fourth-order valence-corrected chi connectivity index (χ4v) is 2.71. The molecule has 0 fully saturated rings. The molecule has 1 aromatic carbocycles. The lowest BCUT2D eigenvalue weighted by Crippen LogP contribution is -1.96. The van der Waals surface area contributed by atoms with Crippen LogP contribution in [0.4, 0.5) is 0 Å². The van der Waals surface area contributed by atoms with Gasteiger partial charge in [0.15, 0.2) is 0 Å². The van der Waals surface area contributed by atoms with Gasteiger partial charge in [-0.1, -0.05) is 6.07 Å². The van der Waals surface area contributed by atoms with Crippen LogP contribution in [0.2, 0.25) is 0 Å². The van der Waals surface area contributed by atoms with Crippen LogP contribution in [0.25, 0.3) is 6.08 Å². The molecule has 0 unspecified atom stereocenters. The molecule has 1 N–H and O–H groups in total. The van der Waals surface area contributed by atoms with Crippen LogP contribution in [0.5, 0.6) is 0 Å². The molecule has 86 valence electrons. The van der Waals surface area contributed by atoms with E-state index in [0.717, 1.165) is 37.3 Å². The molecule has 1 aromatic rings. The topological polar surface area (TPSA) is 37.3 Å². The SMILES string of the molecule is C/C(=C\c1c(SCl)cccc1SCl)C(=O)O. The minimum atomic E-state index is -0.958. The molecule has 0 spiro atoms. The molecule has 2 nitrogen and oxygen atoms in total. The number of carboxylic acids is 1. The Labute approximate surface area is 111 Å². The molecule has 6 heteroatoms. The van der Waals surface area contributed by atoms with Gasteiger partial charge in [0.1, 0.15) is 0 Å². The number of hydrogen-bond donors (Lipinski definition) is 1. The quantitative estimate of drug-likeness (QED) is 0.819. The van der Waals surface area contributed by atoms with Gasteiger partial charge in [0.25, 0.3) is 0 Å². The second kappa shape index (κ2) is 6.45. The summed E-state index contributed by atoms with van der Waals surface area (Å²) in [6, 6.07) is 5.45. The average molecular weight is 295 g/mol. The Hall–Kier alpha value is -0.290. The summed E-state index contributed by atoms with van der Waals surface area (Å²) in [5, 5.41) is 8.82. The Morgan fingerprint density at radius 1 is 1.31 bits per heavy atom. The average Bonchev–Trinajstić information content (AvgIpc) is 2.29. The molecule has 0 radical (unpaired) electrons. The maximum Gasteiger partial charge on any atom is 0.331 e. The molecular formula is C10H8Cl2O2S2. The minimum Gasteiger partial charge on any atom is -0.478 e. The van der Waals surface area contributed by atoms with Gasteiger partial charge in [-0.05, 0) is 68.4 Å². The second-order valence-electron chi connectivity index (χ2n) is 2.95. The summed E-state index contributed by atoms with van der Waals surface area (Å²) >= 11 is 0. The molecule has 0 aliphatic carbocycles. The van der Waals surface area contributed by atoms with Crippen molar-refractivity contribution in [1.82, 2.24) is 0 Å². The van der Waals surface area contributed by atoms with Crippen molar-refractivity contribution in [3.8, 4) is 0 Å². The molecule has 0 bridgehead atoms. The summed E-state index contributed by atoms with van der Waals surface area (Å²) in [7, 11) is 13.5. The highest BCUT2D eigenvalue weighted by Crippen LogP contribution is 2.36. The van der Waals surface area contributed by atoms with Crippen molar-refractivity contribution in [3.63, 3.8) is 0 Å². The Balaban J connectivity index is 3.29. The fraction of sp³-hybridized carbons (Fsp3) is 0.100. The van der Waals surface area contributed by atoms with Gasteiger partial charge in [-0.3, -0.25) is 0 Å². The predicted octanol–water partition coefficient (Wildman–Crippen LogP) is 4.67. The molecule has 0 amide bonds. The zero-order valence-corrected chi connectivity index (χ0v) is 11.4. The van der Waals surface area contributed by atoms with Crippen LogP contribution in [-0.2, 0) is 4.79 Å². The van der Waals surface area contributed by atoms with Crippen molar-refractivity contribution in [1.29, 1.82) is 0 Å². The summed E-state index contributed by atoms with van der Waals surface area (Å²) in [5.74, 6) is -0.958. The van der Waals surface area contributed by atoms with E-state index in [0.29, 0.717) is 0 Å². The Bertz CT molecular complexity index is 411. The van der Waals surface area contributed by atoms with Crippen molar-refractivity contribution >= 4 is 55.4 Å². The lowest BCUT2D eigenvalue weighted by atomic mass is 10.1. The third-order valence-corrected chi connectivity index (χ3v) is 3.93. The first-order chi connectivity index (χ1) is 7.60. The highest BCUT2D eigenvalue weighted by molar-refractivity contribution is 8.21. The van der Waals surface area contributed by atoms with Gasteiger partial charge in [-0.25, -0.2) is 4.79 Å². The number of rotatable bonds is 4. The van der Waals surface area contributed by atoms with E-state index >= 15 is 0 Å². The lowest BCUT2D eigenvalue weighted by molar-refractivity contribution is -0.132. The van der Waals surface area contributed by atoms with Gasteiger partial charge >= 0.3 is 5.97 Å². The molecular weight excluding hydrogens is 287 g/mol. The van der Waals surface area contributed by atoms with Crippen molar-refractivity contribution in [2.24, 2.45) is 0 Å². The molecule has 0 aromatic heterocycles. The van der Waals surface area contributed by atoms with Gasteiger partial charge in [0.2, 0.25) is 0 Å². The molecule has 16 heavy (non-hydrogen) atoms. The first-order valence-corrected chi connectivity index (χ1v) is 7.50. The summed E-state index contributed by atoms with van der Waals surface area (Å²) < 4.78 is 0. The van der Waals surface area contributed by atoms with Crippen LogP contribution < -0.4 is 0 Å². The first kappa shape index (κ1) is 13.8. The largest absolute Gasteiger partial charge is 0.478 e. The molecule has 0 atom stereocenters. The third-order valence-electron chi connectivity index (χ3n) is 1.89. The monoisotopic (exact) mass is 294 g/mol. The standard InChI is InChI=1S/C10H8Cl2O2S2/c1-6(10(13)14)5-7-8(15-11)3-2-4-9(7)16-12/h2-5H,1H3,(H,13,14)/b6-5+. The van der Waals surface area contributed by atoms with Crippen LogP contribution >= 0.6 is 43.3 Å². The van der Waals surface area contributed by atoms with E-state index in [1.165, 1.54) is 6.92 Å². The number of benzene rings is 1. The molecule has 0 aliphatic heterocycles. The zero-order chi connectivity index (χ0) is 12.1. The van der Waals surface area contributed by atoms with Gasteiger partial charge in [0, 0.05) is 20.9 Å². The molecule has 0 saturated heterocycles. The van der Waals surface area contributed by atoms with Crippen LogP contribution in [0.3, 0.4) is 0 Å². The molecule has 0 heterocycles. The highest BCUT2D eigenvalue weighted by atomic mass is 35.7. The summed E-state index contributed by atoms with van der Waals surface area (Å²) in [5.41, 5.74) is 0.979. The number of halogens is 2. The van der Waals surface area contributed by atoms with Gasteiger partial charge in [-0.2, -0.15) is 0 Å². The molecule has 0 aliphatic rings. The molecule has 1 rings (SSSR count). The van der Waals surface area contributed by atoms with E-state index in [-0.39, 0.29) is 5.57 Å². The Morgan fingerprint density at radius 3 is 2.19 bits per heavy atom. The van der Waals surface area contributed by atoms with E-state index in [4.69, 9.17) is 26.5 Å². The number of carboxylic acid groups (broad SMARTS) is 1. The van der Waals surface area contributed by atoms with Crippen LogP contribution in [0.15, 0.2) is 33.6 Å². The number of hydrogen-bond acceptors (Lipinski definition) is 3. The van der Waals surface area contributed by atoms with E-state index in [2.05, 4.69) is 0 Å². The second-order valence-corrected chi connectivity index (χ2v) is 5.07. The third kappa shape index (κ3) is 3.35. The summed E-state index contributed by atoms with van der Waals surface area (Å²) in [6.45, 7) is 1.53. The Kier molecular flexibility index (Phi) is 5.55. The normalized spacial score (nSPS) is 11.6. The van der Waals surface area contributed by atoms with Gasteiger partial charge < -0.3 is 5.11 Å². The first-order valence-electron chi connectivity index (χ1n) is 4.22. The van der Waals surface area contributed by atoms with Gasteiger partial charge in [-0.15, -0.1) is 0 Å². The highest BCUT2D eigenvalue weighted by Gasteiger charge is 2.09. The van der Waals surface area contributed by atoms with Crippen LogP contribution in [0.1, 0.15) is 12.5 Å². The van der Waals surface area contributed by atoms with Crippen LogP contribution in [-0.4, -0.2) is 11.1 Å². The van der Waals surface area contributed by atoms with E-state index in [1.807, 2.05) is 18.2 Å². The smallest absolute Gasteiger partial charge is 0.331 e. The van der Waals surface area contributed by atoms with Crippen molar-refractivity contribution < 1.29 is 9.90 Å². The van der Waals surface area contributed by atoms with Crippen LogP contribution in [0, 0.1) is 0 Å². The van der Waals surface area contributed by atoms with E-state index < -0.39 is 5.97 Å². The maximum atomic E-state index is 10.8. The lowest BCUT2D eigenvalue weighted by Gasteiger charge is -2.06. The summed E-state index contributed by atoms with van der Waals surface area (Å²) in [4.78, 5) is 12.3. The maximum absolute atomic E-state index is 10.8. The van der Waals surface area contributed by atoms with Crippen molar-refractivity contribution in [2.45, 2.75) is 16.7 Å². The van der Waals surface area contributed by atoms with Crippen molar-refractivity contribution in [2.75, 3.05) is 0 Å². The minimum absolute atomic E-state index is 0.241. The predicted molar refractivity (Wildman–Crippen MR) is 71.1 cm³/mol. The van der Waals surface area contributed by atoms with E-state index in [1.54, 1.807) is 6.08 Å². The number of carbonyl (C=O) groups is 1. The Morgan fingerprint density at radius 2 is 1.81 bits per heavy atom. The van der Waals surface area contributed by atoms with Gasteiger partial charge in [0.05, 0.1) is 0 Å². The number of aliphatic carboxylic acids is 1. The van der Waals surface area contributed by atoms with E-state index in [9.17, 15) is 4.79 Å². The summed E-state index contributed by atoms with van der Waals surface area (Å²) in [6.07, 6.45) is 1.57. The zero-order valence-electron chi connectivity index (χ0n) is 8.24.